The van der Waals surface area contributed by atoms with Crippen LogP contribution in [0.2, 0.25) is 0 Å². The molecule has 0 aromatic heterocycles. The zero-order valence-electron chi connectivity index (χ0n) is 11.2. The molecule has 1 heteroatoms. The van der Waals surface area contributed by atoms with Crippen LogP contribution in [0.15, 0.2) is 60.7 Å². The van der Waals surface area contributed by atoms with Crippen molar-refractivity contribution in [1.29, 1.82) is 0 Å². The van der Waals surface area contributed by atoms with E-state index in [1.54, 1.807) is 7.11 Å². The van der Waals surface area contributed by atoms with Crippen LogP contribution >= 0.6 is 0 Å². The molecule has 0 amide bonds. The monoisotopic (exact) mass is 248 g/mol. The summed E-state index contributed by atoms with van der Waals surface area (Å²) >= 11 is 0. The summed E-state index contributed by atoms with van der Waals surface area (Å²) in [7, 11) is 1.70. The number of rotatable bonds is 2. The summed E-state index contributed by atoms with van der Waals surface area (Å²) in [6.45, 7) is 2.14. The van der Waals surface area contributed by atoms with Crippen LogP contribution in [0.25, 0.3) is 21.9 Å². The van der Waals surface area contributed by atoms with E-state index in [0.29, 0.717) is 0 Å². The van der Waals surface area contributed by atoms with Crippen LogP contribution in [0.3, 0.4) is 0 Å². The second-order valence-corrected chi connectivity index (χ2v) is 4.74. The Balaban J connectivity index is 2.18. The van der Waals surface area contributed by atoms with Crippen LogP contribution in [-0.4, -0.2) is 7.11 Å². The van der Waals surface area contributed by atoms with Gasteiger partial charge >= 0.3 is 0 Å². The van der Waals surface area contributed by atoms with Gasteiger partial charge in [0.05, 0.1) is 7.11 Å². The molecule has 0 radical (unpaired) electrons. The highest BCUT2D eigenvalue weighted by Crippen LogP contribution is 2.28. The van der Waals surface area contributed by atoms with Gasteiger partial charge in [-0.15, -0.1) is 0 Å². The molecule has 0 atom stereocenters. The number of benzene rings is 3. The molecule has 3 rings (SSSR count). The lowest BCUT2D eigenvalue weighted by atomic mass is 9.98. The number of hydrogen-bond acceptors (Lipinski definition) is 1. The van der Waals surface area contributed by atoms with Crippen LogP contribution in [0.4, 0.5) is 0 Å². The number of methoxy groups -OCH3 is 1. The average molecular weight is 248 g/mol. The molecule has 0 unspecified atom stereocenters. The molecule has 0 aliphatic carbocycles. The normalized spacial score (nSPS) is 10.6. The lowest BCUT2D eigenvalue weighted by molar-refractivity contribution is 0.415. The van der Waals surface area contributed by atoms with Crippen LogP contribution in [0.1, 0.15) is 5.56 Å². The summed E-state index contributed by atoms with van der Waals surface area (Å²) in [4.78, 5) is 0. The van der Waals surface area contributed by atoms with Crippen molar-refractivity contribution in [3.63, 3.8) is 0 Å². The fourth-order valence-corrected chi connectivity index (χ4v) is 2.42. The van der Waals surface area contributed by atoms with Gasteiger partial charge in [0, 0.05) is 0 Å². The molecule has 0 aliphatic heterocycles. The number of hydrogen-bond donors (Lipinski definition) is 0. The highest BCUT2D eigenvalue weighted by molar-refractivity contribution is 5.88. The Bertz CT molecular complexity index is 729. The van der Waals surface area contributed by atoms with Gasteiger partial charge in [-0.25, -0.2) is 0 Å². The smallest absolute Gasteiger partial charge is 0.119 e. The molecule has 3 aromatic rings. The van der Waals surface area contributed by atoms with Crippen molar-refractivity contribution in [3.05, 3.63) is 66.2 Å². The molecule has 0 heterocycles. The number of aryl methyl sites for hydroxylation is 1. The van der Waals surface area contributed by atoms with Gasteiger partial charge in [0.25, 0.3) is 0 Å². The molecule has 0 saturated heterocycles. The predicted molar refractivity (Wildman–Crippen MR) is 80.7 cm³/mol. The molecular weight excluding hydrogens is 232 g/mol. The van der Waals surface area contributed by atoms with Crippen LogP contribution in [0.5, 0.6) is 5.75 Å². The van der Waals surface area contributed by atoms with E-state index in [1.807, 2.05) is 6.07 Å². The summed E-state index contributed by atoms with van der Waals surface area (Å²) in [6, 6.07) is 21.2. The summed E-state index contributed by atoms with van der Waals surface area (Å²) in [5.74, 6) is 0.898. The molecule has 0 N–H and O–H groups in total. The van der Waals surface area contributed by atoms with E-state index in [-0.39, 0.29) is 0 Å². The number of ether oxygens (including phenoxy) is 1. The fraction of sp³-hybridized carbons (Fsp3) is 0.111. The summed E-state index contributed by atoms with van der Waals surface area (Å²) in [5.41, 5.74) is 3.83. The minimum Gasteiger partial charge on any atom is -0.497 e. The lowest BCUT2D eigenvalue weighted by Gasteiger charge is -2.08. The van der Waals surface area contributed by atoms with Gasteiger partial charge < -0.3 is 4.74 Å². The topological polar surface area (TPSA) is 9.23 Å². The van der Waals surface area contributed by atoms with E-state index in [4.69, 9.17) is 4.74 Å². The van der Waals surface area contributed by atoms with Gasteiger partial charge in [-0.2, -0.15) is 0 Å². The van der Waals surface area contributed by atoms with Crippen molar-refractivity contribution in [1.82, 2.24) is 0 Å². The quantitative estimate of drug-likeness (QED) is 0.631. The Morgan fingerprint density at radius 3 is 2.37 bits per heavy atom. The lowest BCUT2D eigenvalue weighted by Crippen LogP contribution is -1.85. The highest BCUT2D eigenvalue weighted by Gasteiger charge is 2.03. The Kier molecular flexibility index (Phi) is 2.96. The third-order valence-corrected chi connectivity index (χ3v) is 3.50. The van der Waals surface area contributed by atoms with Crippen molar-refractivity contribution in [2.45, 2.75) is 6.92 Å². The van der Waals surface area contributed by atoms with Gasteiger partial charge in [-0.1, -0.05) is 42.5 Å². The largest absolute Gasteiger partial charge is 0.497 e. The first kappa shape index (κ1) is 11.8. The predicted octanol–water partition coefficient (Wildman–Crippen LogP) is 4.82. The zero-order chi connectivity index (χ0) is 13.2. The molecule has 3 aromatic carbocycles. The third-order valence-electron chi connectivity index (χ3n) is 3.50. The van der Waals surface area contributed by atoms with Gasteiger partial charge in [0.1, 0.15) is 5.75 Å². The van der Waals surface area contributed by atoms with Gasteiger partial charge in [0.2, 0.25) is 0 Å². The molecular formula is C18H16O. The molecule has 0 spiro atoms. The standard InChI is InChI=1S/C18H16O/c1-13-5-3-4-6-18(13)15-8-7-14-9-10-17(19-2)12-16(14)11-15/h3-12H,1-2H3. The Morgan fingerprint density at radius 2 is 1.58 bits per heavy atom. The number of fused-ring (bicyclic) bond motifs is 1. The zero-order valence-corrected chi connectivity index (χ0v) is 11.2. The maximum atomic E-state index is 5.29. The highest BCUT2D eigenvalue weighted by atomic mass is 16.5. The van der Waals surface area contributed by atoms with E-state index in [2.05, 4.69) is 61.5 Å². The van der Waals surface area contributed by atoms with Gasteiger partial charge in [-0.3, -0.25) is 0 Å². The van der Waals surface area contributed by atoms with Gasteiger partial charge in [-0.05, 0) is 52.6 Å². The molecule has 0 aliphatic rings. The average Bonchev–Trinajstić information content (AvgIpc) is 2.46. The maximum Gasteiger partial charge on any atom is 0.119 e. The Hall–Kier alpha value is -2.28. The van der Waals surface area contributed by atoms with Crippen molar-refractivity contribution < 1.29 is 4.74 Å². The first-order valence-corrected chi connectivity index (χ1v) is 6.42. The van der Waals surface area contributed by atoms with E-state index in [0.717, 1.165) is 5.75 Å². The Morgan fingerprint density at radius 1 is 0.789 bits per heavy atom. The van der Waals surface area contributed by atoms with Gasteiger partial charge in [0.15, 0.2) is 0 Å². The summed E-state index contributed by atoms with van der Waals surface area (Å²) < 4.78 is 5.29. The minimum absolute atomic E-state index is 0.898. The molecule has 0 fully saturated rings. The molecule has 19 heavy (non-hydrogen) atoms. The van der Waals surface area contributed by atoms with Crippen molar-refractivity contribution >= 4 is 10.8 Å². The van der Waals surface area contributed by atoms with E-state index >= 15 is 0 Å². The molecule has 94 valence electrons. The van der Waals surface area contributed by atoms with E-state index in [9.17, 15) is 0 Å². The molecule has 1 nitrogen and oxygen atoms in total. The maximum absolute atomic E-state index is 5.29. The summed E-state index contributed by atoms with van der Waals surface area (Å²) in [5, 5.41) is 2.44. The van der Waals surface area contributed by atoms with Crippen molar-refractivity contribution in [2.75, 3.05) is 7.11 Å². The molecule has 0 saturated carbocycles. The Labute approximate surface area is 113 Å². The molecule has 0 bridgehead atoms. The van der Waals surface area contributed by atoms with Crippen molar-refractivity contribution in [3.8, 4) is 16.9 Å². The minimum atomic E-state index is 0.898. The first-order chi connectivity index (χ1) is 9.28. The second kappa shape index (κ2) is 4.77. The van der Waals surface area contributed by atoms with E-state index in [1.165, 1.54) is 27.5 Å². The first-order valence-electron chi connectivity index (χ1n) is 6.42. The van der Waals surface area contributed by atoms with Crippen LogP contribution in [0, 0.1) is 6.92 Å². The SMILES string of the molecule is COc1ccc2ccc(-c3ccccc3C)cc2c1. The van der Waals surface area contributed by atoms with Crippen LogP contribution < -0.4 is 4.74 Å². The second-order valence-electron chi connectivity index (χ2n) is 4.74. The third kappa shape index (κ3) is 2.19. The van der Waals surface area contributed by atoms with E-state index < -0.39 is 0 Å². The fourth-order valence-electron chi connectivity index (χ4n) is 2.42. The summed E-state index contributed by atoms with van der Waals surface area (Å²) in [6.07, 6.45) is 0. The van der Waals surface area contributed by atoms with Crippen molar-refractivity contribution in [2.24, 2.45) is 0 Å². The van der Waals surface area contributed by atoms with Crippen LogP contribution in [-0.2, 0) is 0 Å².